The first-order chi connectivity index (χ1) is 6.88. The van der Waals surface area contributed by atoms with E-state index in [4.69, 9.17) is 3.79 Å². The summed E-state index contributed by atoms with van der Waals surface area (Å²) in [4.78, 5) is 4.29. The van der Waals surface area contributed by atoms with Gasteiger partial charge in [0.2, 0.25) is 0 Å². The minimum absolute atomic E-state index is 0.440. The van der Waals surface area contributed by atoms with Crippen molar-refractivity contribution in [2.75, 3.05) is 7.05 Å². The molecule has 0 aromatic heterocycles. The van der Waals surface area contributed by atoms with Gasteiger partial charge in [0, 0.05) is 18.7 Å². The van der Waals surface area contributed by atoms with Crippen LogP contribution in [0.25, 0.3) is 0 Å². The zero-order valence-corrected chi connectivity index (χ0v) is 12.3. The summed E-state index contributed by atoms with van der Waals surface area (Å²) in [7, 11) is 1.84. The summed E-state index contributed by atoms with van der Waals surface area (Å²) >= 11 is -1.01. The average Bonchev–Trinajstić information content (AvgIpc) is 2.10. The Hall–Kier alpha value is -0.258. The first kappa shape index (κ1) is 14.7. The van der Waals surface area contributed by atoms with E-state index < -0.39 is 14.5 Å². The van der Waals surface area contributed by atoms with Crippen molar-refractivity contribution >= 4 is 20.2 Å². The van der Waals surface area contributed by atoms with Crippen molar-refractivity contribution < 1.29 is 3.79 Å². The number of allylic oxidation sites excluding steroid dienone is 2. The van der Waals surface area contributed by atoms with Gasteiger partial charge in [-0.05, 0) is 12.0 Å². The average molecular weight is 225 g/mol. The molecule has 0 amide bonds. The molecule has 0 heterocycles. The first-order valence-electron chi connectivity index (χ1n) is 5.73. The van der Waals surface area contributed by atoms with E-state index in [-0.39, 0.29) is 0 Å². The normalized spacial score (nSPS) is 13.7. The maximum atomic E-state index is 5.91. The largest absolute Gasteiger partial charge is 0.646 e. The SMILES string of the molecule is CN=C(/C=C(\[O][Al]([CH3])[CH3])C(C)C)C(C)C. The van der Waals surface area contributed by atoms with E-state index in [1.807, 2.05) is 7.05 Å². The molecule has 0 fully saturated rings. The van der Waals surface area contributed by atoms with Crippen LogP contribution in [0.2, 0.25) is 11.6 Å². The van der Waals surface area contributed by atoms with Gasteiger partial charge in [0.15, 0.2) is 0 Å². The maximum Gasteiger partial charge on any atom is 0.539 e. The summed E-state index contributed by atoms with van der Waals surface area (Å²) in [5.41, 5.74) is 1.12. The van der Waals surface area contributed by atoms with Crippen LogP contribution in [-0.4, -0.2) is 27.2 Å². The Balaban J connectivity index is 4.81. The highest BCUT2D eigenvalue weighted by molar-refractivity contribution is 6.48. The van der Waals surface area contributed by atoms with Gasteiger partial charge >= 0.3 is 14.5 Å². The highest BCUT2D eigenvalue weighted by Gasteiger charge is 2.13. The van der Waals surface area contributed by atoms with Crippen molar-refractivity contribution in [3.63, 3.8) is 0 Å². The van der Waals surface area contributed by atoms with E-state index in [0.29, 0.717) is 11.8 Å². The molecule has 0 rings (SSSR count). The molecule has 0 aliphatic rings. The van der Waals surface area contributed by atoms with Gasteiger partial charge in [-0.1, -0.05) is 39.3 Å². The smallest absolute Gasteiger partial charge is 0.539 e. The van der Waals surface area contributed by atoms with E-state index >= 15 is 0 Å². The van der Waals surface area contributed by atoms with Crippen LogP contribution in [0.1, 0.15) is 27.7 Å². The predicted octanol–water partition coefficient (Wildman–Crippen LogP) is 3.52. The van der Waals surface area contributed by atoms with E-state index in [1.54, 1.807) is 0 Å². The van der Waals surface area contributed by atoms with Crippen LogP contribution in [0.15, 0.2) is 16.8 Å². The van der Waals surface area contributed by atoms with Gasteiger partial charge in [-0.2, -0.15) is 0 Å². The van der Waals surface area contributed by atoms with Crippen molar-refractivity contribution in [1.82, 2.24) is 0 Å². The molecule has 2 nitrogen and oxygen atoms in total. The second-order valence-electron chi connectivity index (χ2n) is 4.67. The Morgan fingerprint density at radius 1 is 1.13 bits per heavy atom. The summed E-state index contributed by atoms with van der Waals surface area (Å²) in [6.45, 7) is 8.64. The molecular formula is C12H24AlNO. The lowest BCUT2D eigenvalue weighted by molar-refractivity contribution is 0.379. The standard InChI is InChI=1S/C10H19NO.2CH3.Al/c1-7(2)9(11-5)6-10(12)8(3)4;;;/h6-8,12H,1-5H3;2*1H3;/q;;;+1/p-1/b10-6-,11-9?;;;. The van der Waals surface area contributed by atoms with Crippen LogP contribution >= 0.6 is 0 Å². The van der Waals surface area contributed by atoms with Gasteiger partial charge in [0.25, 0.3) is 0 Å². The van der Waals surface area contributed by atoms with Crippen molar-refractivity contribution in [3.05, 3.63) is 11.8 Å². The Labute approximate surface area is 99.2 Å². The van der Waals surface area contributed by atoms with E-state index in [2.05, 4.69) is 50.3 Å². The third-order valence-electron chi connectivity index (χ3n) is 2.08. The third kappa shape index (κ3) is 6.02. The lowest BCUT2D eigenvalue weighted by atomic mass is 10.0. The van der Waals surface area contributed by atoms with Gasteiger partial charge in [0.05, 0.1) is 5.76 Å². The fourth-order valence-electron chi connectivity index (χ4n) is 1.24. The molecule has 0 bridgehead atoms. The molecule has 3 heteroatoms. The molecule has 0 aliphatic carbocycles. The third-order valence-corrected chi connectivity index (χ3v) is 2.82. The number of nitrogens with zero attached hydrogens (tertiary/aromatic N) is 1. The van der Waals surface area contributed by atoms with Crippen molar-refractivity contribution in [2.24, 2.45) is 16.8 Å². The summed E-state index contributed by atoms with van der Waals surface area (Å²) in [6, 6.07) is 0. The Kier molecular flexibility index (Phi) is 6.97. The van der Waals surface area contributed by atoms with Crippen molar-refractivity contribution in [2.45, 2.75) is 39.3 Å². The van der Waals surface area contributed by atoms with Gasteiger partial charge in [-0.15, -0.1) is 0 Å². The highest BCUT2D eigenvalue weighted by Crippen LogP contribution is 2.14. The maximum absolute atomic E-state index is 5.91. The summed E-state index contributed by atoms with van der Waals surface area (Å²) in [5, 5.41) is 0. The topological polar surface area (TPSA) is 21.6 Å². The molecule has 0 aliphatic heterocycles. The molecule has 0 radical (unpaired) electrons. The Morgan fingerprint density at radius 2 is 1.67 bits per heavy atom. The number of aliphatic imine (C=N–C) groups is 1. The van der Waals surface area contributed by atoms with E-state index in [9.17, 15) is 0 Å². The second-order valence-corrected chi connectivity index (χ2v) is 7.00. The molecule has 0 aromatic carbocycles. The molecule has 0 saturated heterocycles. The van der Waals surface area contributed by atoms with Crippen LogP contribution in [0.3, 0.4) is 0 Å². The zero-order chi connectivity index (χ0) is 12.0. The molecule has 0 saturated carbocycles. The molecule has 15 heavy (non-hydrogen) atoms. The molecular weight excluding hydrogens is 201 g/mol. The first-order valence-corrected chi connectivity index (χ1v) is 8.51. The number of rotatable bonds is 5. The zero-order valence-electron chi connectivity index (χ0n) is 11.2. The monoisotopic (exact) mass is 225 g/mol. The van der Waals surface area contributed by atoms with Crippen molar-refractivity contribution in [3.8, 4) is 0 Å². The van der Waals surface area contributed by atoms with E-state index in [1.165, 1.54) is 0 Å². The van der Waals surface area contributed by atoms with Gasteiger partial charge in [-0.3, -0.25) is 4.99 Å². The van der Waals surface area contributed by atoms with Crippen LogP contribution < -0.4 is 0 Å². The Bertz CT molecular complexity index is 242. The molecule has 0 aromatic rings. The van der Waals surface area contributed by atoms with Crippen molar-refractivity contribution in [1.29, 1.82) is 0 Å². The lowest BCUT2D eigenvalue weighted by Gasteiger charge is -2.18. The molecule has 0 N–H and O–H groups in total. The van der Waals surface area contributed by atoms with Gasteiger partial charge in [0.1, 0.15) is 0 Å². The summed E-state index contributed by atoms with van der Waals surface area (Å²) < 4.78 is 5.91. The predicted molar refractivity (Wildman–Crippen MR) is 69.7 cm³/mol. The van der Waals surface area contributed by atoms with Crippen LogP contribution in [0, 0.1) is 11.8 Å². The molecule has 0 atom stereocenters. The fourth-order valence-corrected chi connectivity index (χ4v) is 2.13. The summed E-state index contributed by atoms with van der Waals surface area (Å²) in [5.74, 6) is 6.37. The minimum atomic E-state index is -1.01. The quantitative estimate of drug-likeness (QED) is 0.398. The van der Waals surface area contributed by atoms with Crippen LogP contribution in [-0.2, 0) is 3.79 Å². The van der Waals surface area contributed by atoms with Crippen LogP contribution in [0.4, 0.5) is 0 Å². The molecule has 0 unspecified atom stereocenters. The number of hydrogen-bond donors (Lipinski definition) is 0. The summed E-state index contributed by atoms with van der Waals surface area (Å²) in [6.07, 6.45) is 2.11. The van der Waals surface area contributed by atoms with E-state index in [0.717, 1.165) is 11.5 Å². The fraction of sp³-hybridized carbons (Fsp3) is 0.750. The van der Waals surface area contributed by atoms with Crippen LogP contribution in [0.5, 0.6) is 0 Å². The molecule has 0 spiro atoms. The highest BCUT2D eigenvalue weighted by atomic mass is 27.2. The second kappa shape index (κ2) is 7.09. The van der Waals surface area contributed by atoms with Gasteiger partial charge < -0.3 is 3.79 Å². The van der Waals surface area contributed by atoms with Gasteiger partial charge in [-0.25, -0.2) is 0 Å². The Morgan fingerprint density at radius 3 is 1.93 bits per heavy atom. The molecule has 86 valence electrons. The minimum Gasteiger partial charge on any atom is -0.646 e. The number of hydrogen-bond acceptors (Lipinski definition) is 2. The lowest BCUT2D eigenvalue weighted by Crippen LogP contribution is -2.14.